The summed E-state index contributed by atoms with van der Waals surface area (Å²) in [5.41, 5.74) is -0.0843. The van der Waals surface area contributed by atoms with Crippen LogP contribution in [0.1, 0.15) is 40.4 Å². The molecule has 104 valence electrons. The van der Waals surface area contributed by atoms with Crippen LogP contribution in [0.4, 0.5) is 0 Å². The van der Waals surface area contributed by atoms with E-state index in [0.29, 0.717) is 13.0 Å². The molecule has 0 aliphatic heterocycles. The number of aliphatic hydroxyl groups is 1. The van der Waals surface area contributed by atoms with Crippen LogP contribution in [0.25, 0.3) is 0 Å². The molecule has 18 heavy (non-hydrogen) atoms. The predicted molar refractivity (Wildman–Crippen MR) is 72.5 cm³/mol. The molecule has 1 aromatic rings. The molecule has 1 rings (SSSR count). The number of imidazole rings is 1. The van der Waals surface area contributed by atoms with Gasteiger partial charge in [-0.1, -0.05) is 20.8 Å². The van der Waals surface area contributed by atoms with Crippen LogP contribution in [0, 0.1) is 5.41 Å². The van der Waals surface area contributed by atoms with Gasteiger partial charge in [-0.25, -0.2) is 4.98 Å². The molecule has 0 saturated heterocycles. The maximum absolute atomic E-state index is 10.4. The van der Waals surface area contributed by atoms with Gasteiger partial charge in [-0.15, -0.1) is 0 Å². The summed E-state index contributed by atoms with van der Waals surface area (Å²) in [6.45, 7) is 11.8. The summed E-state index contributed by atoms with van der Waals surface area (Å²) in [4.78, 5) is 4.30. The summed E-state index contributed by atoms with van der Waals surface area (Å²) >= 11 is 0. The fourth-order valence-electron chi connectivity index (χ4n) is 2.23. The average molecular weight is 254 g/mol. The lowest BCUT2D eigenvalue weighted by atomic mass is 9.84. The highest BCUT2D eigenvalue weighted by molar-refractivity contribution is 4.97. The molecular formula is C14H26N2O2. The molecule has 0 saturated carbocycles. The Kier molecular flexibility index (Phi) is 5.35. The molecule has 0 aliphatic rings. The van der Waals surface area contributed by atoms with Gasteiger partial charge in [0.1, 0.15) is 5.82 Å². The highest BCUT2D eigenvalue weighted by Crippen LogP contribution is 2.26. The topological polar surface area (TPSA) is 47.3 Å². The zero-order chi connectivity index (χ0) is 13.8. The largest absolute Gasteiger partial charge is 0.390 e. The van der Waals surface area contributed by atoms with Gasteiger partial charge in [-0.3, -0.25) is 0 Å². The lowest BCUT2D eigenvalue weighted by Gasteiger charge is -2.34. The smallest absolute Gasteiger partial charge is 0.111 e. The summed E-state index contributed by atoms with van der Waals surface area (Å²) in [6, 6.07) is 0. The minimum absolute atomic E-state index is 0.0843. The Morgan fingerprint density at radius 2 is 2.06 bits per heavy atom. The van der Waals surface area contributed by atoms with Crippen molar-refractivity contribution in [1.82, 2.24) is 9.55 Å². The van der Waals surface area contributed by atoms with Crippen LogP contribution in [0.3, 0.4) is 0 Å². The molecule has 2 atom stereocenters. The van der Waals surface area contributed by atoms with Crippen LogP contribution in [-0.2, 0) is 17.7 Å². The van der Waals surface area contributed by atoms with Crippen LogP contribution in [0.5, 0.6) is 0 Å². The summed E-state index contributed by atoms with van der Waals surface area (Å²) < 4.78 is 7.75. The Hall–Kier alpha value is -0.870. The van der Waals surface area contributed by atoms with E-state index in [9.17, 15) is 5.11 Å². The Balaban J connectivity index is 2.75. The van der Waals surface area contributed by atoms with Crippen LogP contribution < -0.4 is 0 Å². The molecule has 1 aromatic heterocycles. The van der Waals surface area contributed by atoms with Crippen LogP contribution in [0.2, 0.25) is 0 Å². The maximum Gasteiger partial charge on any atom is 0.111 e. The van der Waals surface area contributed by atoms with E-state index in [4.69, 9.17) is 4.74 Å². The van der Waals surface area contributed by atoms with Crippen molar-refractivity contribution in [2.45, 2.75) is 59.8 Å². The van der Waals surface area contributed by atoms with Crippen molar-refractivity contribution in [1.29, 1.82) is 0 Å². The summed E-state index contributed by atoms with van der Waals surface area (Å²) in [5.74, 6) is 0.916. The fraction of sp³-hybridized carbons (Fsp3) is 0.786. The van der Waals surface area contributed by atoms with E-state index in [1.54, 1.807) is 6.20 Å². The van der Waals surface area contributed by atoms with Gasteiger partial charge < -0.3 is 14.4 Å². The van der Waals surface area contributed by atoms with Crippen LogP contribution in [-0.4, -0.2) is 33.5 Å². The quantitative estimate of drug-likeness (QED) is 0.847. The minimum Gasteiger partial charge on any atom is -0.390 e. The first kappa shape index (κ1) is 15.2. The molecule has 2 unspecified atom stereocenters. The van der Waals surface area contributed by atoms with Crippen molar-refractivity contribution in [3.05, 3.63) is 18.2 Å². The summed E-state index contributed by atoms with van der Waals surface area (Å²) in [7, 11) is 0. The van der Waals surface area contributed by atoms with Crippen molar-refractivity contribution in [3.8, 4) is 0 Å². The van der Waals surface area contributed by atoms with E-state index < -0.39 is 6.10 Å². The number of aliphatic hydroxyl groups excluding tert-OH is 1. The number of hydrogen-bond donors (Lipinski definition) is 1. The van der Waals surface area contributed by atoms with Crippen molar-refractivity contribution in [3.63, 3.8) is 0 Å². The van der Waals surface area contributed by atoms with Gasteiger partial charge in [-0.05, 0) is 19.3 Å². The molecule has 0 spiro atoms. The van der Waals surface area contributed by atoms with Gasteiger partial charge in [0.05, 0.1) is 12.2 Å². The highest BCUT2D eigenvalue weighted by Gasteiger charge is 2.32. The number of hydrogen-bond acceptors (Lipinski definition) is 3. The lowest BCUT2D eigenvalue weighted by Crippen LogP contribution is -2.41. The number of ether oxygens (including phenoxy) is 1. The first-order valence-corrected chi connectivity index (χ1v) is 6.69. The Morgan fingerprint density at radius 3 is 2.56 bits per heavy atom. The standard InChI is InChI=1S/C14H26N2O2/c1-6-16-9-8-15-12(16)10-11(17)13(18-7-2)14(3,4)5/h8-9,11,13,17H,6-7,10H2,1-5H3. The zero-order valence-corrected chi connectivity index (χ0v) is 12.2. The average Bonchev–Trinajstić information content (AvgIpc) is 2.71. The van der Waals surface area contributed by atoms with Crippen LogP contribution in [0.15, 0.2) is 12.4 Å². The van der Waals surface area contributed by atoms with E-state index in [1.165, 1.54) is 0 Å². The van der Waals surface area contributed by atoms with E-state index in [0.717, 1.165) is 12.4 Å². The first-order valence-electron chi connectivity index (χ1n) is 6.69. The Labute approximate surface area is 110 Å². The molecule has 4 heteroatoms. The third-order valence-electron chi connectivity index (χ3n) is 3.08. The Bertz CT molecular complexity index is 355. The lowest BCUT2D eigenvalue weighted by molar-refractivity contribution is -0.0880. The van der Waals surface area contributed by atoms with Crippen molar-refractivity contribution >= 4 is 0 Å². The second-order valence-corrected chi connectivity index (χ2v) is 5.64. The third kappa shape index (κ3) is 3.82. The highest BCUT2D eigenvalue weighted by atomic mass is 16.5. The molecule has 0 fully saturated rings. The van der Waals surface area contributed by atoms with Gasteiger partial charge >= 0.3 is 0 Å². The summed E-state index contributed by atoms with van der Waals surface area (Å²) in [5, 5.41) is 10.4. The summed E-state index contributed by atoms with van der Waals surface area (Å²) in [6.07, 6.45) is 3.54. The molecule has 0 aliphatic carbocycles. The number of aromatic nitrogens is 2. The van der Waals surface area contributed by atoms with E-state index in [2.05, 4.69) is 37.2 Å². The normalized spacial score (nSPS) is 15.7. The van der Waals surface area contributed by atoms with Gasteiger partial charge in [-0.2, -0.15) is 0 Å². The molecule has 4 nitrogen and oxygen atoms in total. The first-order chi connectivity index (χ1) is 8.40. The van der Waals surface area contributed by atoms with Gasteiger partial charge in [0.2, 0.25) is 0 Å². The van der Waals surface area contributed by atoms with Crippen molar-refractivity contribution in [2.24, 2.45) is 5.41 Å². The second-order valence-electron chi connectivity index (χ2n) is 5.64. The SMILES string of the molecule is CCOC(C(O)Cc1nccn1CC)C(C)(C)C. The number of nitrogens with zero attached hydrogens (tertiary/aromatic N) is 2. The second kappa shape index (κ2) is 6.34. The van der Waals surface area contributed by atoms with Crippen LogP contribution >= 0.6 is 0 Å². The minimum atomic E-state index is -0.530. The molecule has 0 amide bonds. The van der Waals surface area contributed by atoms with E-state index >= 15 is 0 Å². The molecule has 0 aromatic carbocycles. The molecule has 0 bridgehead atoms. The fourth-order valence-corrected chi connectivity index (χ4v) is 2.23. The molecule has 0 radical (unpaired) electrons. The maximum atomic E-state index is 10.4. The third-order valence-corrected chi connectivity index (χ3v) is 3.08. The predicted octanol–water partition coefficient (Wildman–Crippen LogP) is 2.26. The van der Waals surface area contributed by atoms with Crippen molar-refractivity contribution < 1.29 is 9.84 Å². The van der Waals surface area contributed by atoms with E-state index in [-0.39, 0.29) is 11.5 Å². The molecule has 1 heterocycles. The molecule has 1 N–H and O–H groups in total. The zero-order valence-electron chi connectivity index (χ0n) is 12.2. The number of aryl methyl sites for hydroxylation is 1. The monoisotopic (exact) mass is 254 g/mol. The van der Waals surface area contributed by atoms with Gasteiger partial charge in [0, 0.05) is 32.0 Å². The van der Waals surface area contributed by atoms with E-state index in [1.807, 2.05) is 13.1 Å². The molecular weight excluding hydrogens is 228 g/mol. The van der Waals surface area contributed by atoms with Gasteiger partial charge in [0.25, 0.3) is 0 Å². The van der Waals surface area contributed by atoms with Crippen molar-refractivity contribution in [2.75, 3.05) is 6.61 Å². The Morgan fingerprint density at radius 1 is 1.39 bits per heavy atom. The van der Waals surface area contributed by atoms with Gasteiger partial charge in [0.15, 0.2) is 0 Å². The number of rotatable bonds is 6.